The van der Waals surface area contributed by atoms with Gasteiger partial charge in [-0.25, -0.2) is 8.42 Å². The lowest BCUT2D eigenvalue weighted by molar-refractivity contribution is -0.119. The molecule has 1 aromatic rings. The first-order valence-electron chi connectivity index (χ1n) is 8.50. The molecule has 0 spiro atoms. The van der Waals surface area contributed by atoms with Gasteiger partial charge in [0.25, 0.3) is 0 Å². The largest absolute Gasteiger partial charge is 0.354 e. The molecule has 1 amide bonds. The van der Waals surface area contributed by atoms with E-state index in [0.29, 0.717) is 12.2 Å². The smallest absolute Gasteiger partial charge is 0.240 e. The van der Waals surface area contributed by atoms with Crippen molar-refractivity contribution < 1.29 is 13.2 Å². The van der Waals surface area contributed by atoms with Gasteiger partial charge in [-0.15, -0.1) is 0 Å². The molecule has 1 heterocycles. The molecule has 0 saturated carbocycles. The van der Waals surface area contributed by atoms with Gasteiger partial charge in [0.05, 0.1) is 11.9 Å². The first kappa shape index (κ1) is 20.2. The van der Waals surface area contributed by atoms with Crippen molar-refractivity contribution in [3.8, 4) is 0 Å². The average Bonchev–Trinajstić information content (AvgIpc) is 3.04. The van der Waals surface area contributed by atoms with Crippen LogP contribution in [0.3, 0.4) is 0 Å². The molecule has 0 radical (unpaired) electrons. The van der Waals surface area contributed by atoms with E-state index in [1.165, 1.54) is 12.8 Å². The summed E-state index contributed by atoms with van der Waals surface area (Å²) in [6.07, 6.45) is 4.50. The summed E-state index contributed by atoms with van der Waals surface area (Å²) in [4.78, 5) is 14.6. The van der Waals surface area contributed by atoms with Crippen molar-refractivity contribution >= 4 is 37.5 Å². The highest BCUT2D eigenvalue weighted by atomic mass is 79.9. The van der Waals surface area contributed by atoms with Crippen LogP contribution in [0.2, 0.25) is 0 Å². The van der Waals surface area contributed by atoms with Crippen LogP contribution in [0.4, 0.5) is 5.69 Å². The number of halogens is 1. The summed E-state index contributed by atoms with van der Waals surface area (Å²) in [5.41, 5.74) is 1.41. The van der Waals surface area contributed by atoms with E-state index in [-0.39, 0.29) is 12.5 Å². The van der Waals surface area contributed by atoms with Gasteiger partial charge in [-0.3, -0.25) is 9.10 Å². The zero-order chi connectivity index (χ0) is 18.4. The normalized spacial score (nSPS) is 15.3. The number of benzene rings is 1. The molecule has 25 heavy (non-hydrogen) atoms. The monoisotopic (exact) mass is 431 g/mol. The molecule has 140 valence electrons. The second-order valence-corrected chi connectivity index (χ2v) is 9.22. The predicted molar refractivity (Wildman–Crippen MR) is 104 cm³/mol. The number of nitrogens with zero attached hydrogens (tertiary/aromatic N) is 2. The first-order chi connectivity index (χ1) is 11.8. The van der Waals surface area contributed by atoms with Crippen molar-refractivity contribution in [1.82, 2.24) is 10.2 Å². The molecule has 0 aliphatic carbocycles. The van der Waals surface area contributed by atoms with E-state index in [2.05, 4.69) is 26.1 Å². The van der Waals surface area contributed by atoms with Crippen LogP contribution in [0.1, 0.15) is 24.8 Å². The van der Waals surface area contributed by atoms with Crippen LogP contribution >= 0.6 is 15.9 Å². The second-order valence-electron chi connectivity index (χ2n) is 6.46. The molecule has 1 aliphatic rings. The van der Waals surface area contributed by atoms with Gasteiger partial charge in [0.2, 0.25) is 15.9 Å². The van der Waals surface area contributed by atoms with E-state index < -0.39 is 10.0 Å². The van der Waals surface area contributed by atoms with E-state index in [9.17, 15) is 13.2 Å². The van der Waals surface area contributed by atoms with Gasteiger partial charge < -0.3 is 10.2 Å². The van der Waals surface area contributed by atoms with Gasteiger partial charge in [-0.1, -0.05) is 15.9 Å². The van der Waals surface area contributed by atoms with Crippen molar-refractivity contribution in [2.75, 3.05) is 43.3 Å². The van der Waals surface area contributed by atoms with E-state index in [0.717, 1.165) is 46.7 Å². The summed E-state index contributed by atoms with van der Waals surface area (Å²) >= 11 is 3.40. The molecule has 1 saturated heterocycles. The number of sulfonamides is 1. The predicted octanol–water partition coefficient (Wildman–Crippen LogP) is 2.13. The molecule has 0 bridgehead atoms. The SMILES string of the molecule is Cc1cc(N(CC(=O)NCCCN2CCCC2)S(C)(=O)=O)ccc1Br. The molecule has 2 rings (SSSR count). The molecule has 1 aliphatic heterocycles. The molecular weight excluding hydrogens is 406 g/mol. The van der Waals surface area contributed by atoms with Crippen LogP contribution in [0.5, 0.6) is 0 Å². The third-order valence-electron chi connectivity index (χ3n) is 4.29. The Morgan fingerprint density at radius 3 is 2.60 bits per heavy atom. The molecule has 1 fully saturated rings. The van der Waals surface area contributed by atoms with Gasteiger partial charge >= 0.3 is 0 Å². The van der Waals surface area contributed by atoms with Gasteiger partial charge in [-0.05, 0) is 69.6 Å². The first-order valence-corrected chi connectivity index (χ1v) is 11.1. The summed E-state index contributed by atoms with van der Waals surface area (Å²) in [5.74, 6) is -0.285. The van der Waals surface area contributed by atoms with Crippen molar-refractivity contribution in [2.24, 2.45) is 0 Å². The van der Waals surface area contributed by atoms with E-state index in [1.54, 1.807) is 18.2 Å². The highest BCUT2D eigenvalue weighted by Gasteiger charge is 2.21. The number of amides is 1. The lowest BCUT2D eigenvalue weighted by atomic mass is 10.2. The Bertz CT molecular complexity index is 703. The quantitative estimate of drug-likeness (QED) is 0.639. The molecule has 0 aromatic heterocycles. The summed E-state index contributed by atoms with van der Waals surface area (Å²) in [6.45, 7) is 5.49. The van der Waals surface area contributed by atoms with Crippen molar-refractivity contribution in [3.05, 3.63) is 28.2 Å². The number of rotatable bonds is 8. The molecule has 0 atom stereocenters. The zero-order valence-corrected chi connectivity index (χ0v) is 17.2. The standard InChI is InChI=1S/C17H26BrN3O3S/c1-14-12-15(6-7-16(14)18)21(25(2,23)24)13-17(22)19-8-5-11-20-9-3-4-10-20/h6-7,12H,3-5,8-11,13H2,1-2H3,(H,19,22). The van der Waals surface area contributed by atoms with Crippen LogP contribution in [-0.2, 0) is 14.8 Å². The number of anilines is 1. The van der Waals surface area contributed by atoms with Gasteiger partial charge in [0, 0.05) is 11.0 Å². The van der Waals surface area contributed by atoms with Gasteiger partial charge in [0.15, 0.2) is 0 Å². The summed E-state index contributed by atoms with van der Waals surface area (Å²) in [6, 6.07) is 5.24. The van der Waals surface area contributed by atoms with Crippen LogP contribution in [-0.4, -0.2) is 58.2 Å². The number of hydrogen-bond donors (Lipinski definition) is 1. The molecular formula is C17H26BrN3O3S. The van der Waals surface area contributed by atoms with E-state index >= 15 is 0 Å². The van der Waals surface area contributed by atoms with Crippen LogP contribution < -0.4 is 9.62 Å². The summed E-state index contributed by atoms with van der Waals surface area (Å²) < 4.78 is 26.2. The highest BCUT2D eigenvalue weighted by molar-refractivity contribution is 9.10. The third-order valence-corrected chi connectivity index (χ3v) is 6.32. The molecule has 8 heteroatoms. The summed E-state index contributed by atoms with van der Waals surface area (Å²) in [7, 11) is -3.54. The van der Waals surface area contributed by atoms with Crippen LogP contribution in [0, 0.1) is 6.92 Å². The summed E-state index contributed by atoms with van der Waals surface area (Å²) in [5, 5.41) is 2.82. The Balaban J connectivity index is 1.90. The van der Waals surface area contributed by atoms with Gasteiger partial charge in [0.1, 0.15) is 6.54 Å². The fourth-order valence-corrected chi connectivity index (χ4v) is 4.00. The Kier molecular flexibility index (Phi) is 7.27. The fourth-order valence-electron chi connectivity index (χ4n) is 2.91. The Hall–Kier alpha value is -1.12. The molecule has 6 nitrogen and oxygen atoms in total. The topological polar surface area (TPSA) is 69.7 Å². The maximum Gasteiger partial charge on any atom is 0.240 e. The average molecular weight is 432 g/mol. The van der Waals surface area contributed by atoms with Crippen molar-refractivity contribution in [2.45, 2.75) is 26.2 Å². The lowest BCUT2D eigenvalue weighted by Crippen LogP contribution is -2.41. The Labute approximate surface area is 158 Å². The van der Waals surface area contributed by atoms with E-state index in [4.69, 9.17) is 0 Å². The maximum absolute atomic E-state index is 12.2. The third kappa shape index (κ3) is 6.27. The number of aryl methyl sites for hydroxylation is 1. The van der Waals surface area contributed by atoms with Gasteiger partial charge in [-0.2, -0.15) is 0 Å². The minimum Gasteiger partial charge on any atom is -0.354 e. The second kappa shape index (κ2) is 9.00. The lowest BCUT2D eigenvalue weighted by Gasteiger charge is -2.22. The Morgan fingerprint density at radius 1 is 1.32 bits per heavy atom. The Morgan fingerprint density at radius 2 is 2.00 bits per heavy atom. The molecule has 1 aromatic carbocycles. The number of carbonyl (C=O) groups excluding carboxylic acids is 1. The zero-order valence-electron chi connectivity index (χ0n) is 14.8. The van der Waals surface area contributed by atoms with E-state index in [1.807, 2.05) is 6.92 Å². The molecule has 0 unspecified atom stereocenters. The number of hydrogen-bond acceptors (Lipinski definition) is 4. The number of carbonyl (C=O) groups is 1. The van der Waals surface area contributed by atoms with Crippen LogP contribution in [0.25, 0.3) is 0 Å². The minimum atomic E-state index is -3.54. The highest BCUT2D eigenvalue weighted by Crippen LogP contribution is 2.24. The van der Waals surface area contributed by atoms with Crippen molar-refractivity contribution in [1.29, 1.82) is 0 Å². The van der Waals surface area contributed by atoms with Crippen LogP contribution in [0.15, 0.2) is 22.7 Å². The molecule has 1 N–H and O–H groups in total. The number of likely N-dealkylation sites (tertiary alicyclic amines) is 1. The van der Waals surface area contributed by atoms with Crippen molar-refractivity contribution in [3.63, 3.8) is 0 Å². The fraction of sp³-hybridized carbons (Fsp3) is 0.588. The minimum absolute atomic E-state index is 0.205. The maximum atomic E-state index is 12.2. The number of nitrogens with one attached hydrogen (secondary N) is 1.